The van der Waals surface area contributed by atoms with E-state index in [4.69, 9.17) is 10.7 Å². The molecule has 0 radical (unpaired) electrons. The highest BCUT2D eigenvalue weighted by atomic mass is 32.2. The van der Waals surface area contributed by atoms with E-state index in [9.17, 15) is 0 Å². The molecule has 1 aromatic carbocycles. The quantitative estimate of drug-likeness (QED) is 0.490. The van der Waals surface area contributed by atoms with Gasteiger partial charge in [0, 0.05) is 24.5 Å². The molecule has 0 spiro atoms. The summed E-state index contributed by atoms with van der Waals surface area (Å²) < 4.78 is 0. The van der Waals surface area contributed by atoms with Gasteiger partial charge in [0.2, 0.25) is 0 Å². The zero-order valence-corrected chi connectivity index (χ0v) is 15.5. The molecule has 0 aromatic heterocycles. The molecule has 0 atom stereocenters. The fraction of sp³-hybridized carbons (Fsp3) is 0.611. The number of nitrogens with two attached hydrogens (primary N) is 1. The Kier molecular flexibility index (Phi) is 6.78. The zero-order valence-electron chi connectivity index (χ0n) is 14.6. The number of aliphatic imine (C=N–C) groups is 1. The molecule has 1 aliphatic heterocycles. The van der Waals surface area contributed by atoms with Crippen LogP contribution in [-0.2, 0) is 0 Å². The Hall–Kier alpha value is -1.20. The minimum atomic E-state index is 0.0295. The Morgan fingerprint density at radius 1 is 1.26 bits per heavy atom. The second-order valence-electron chi connectivity index (χ2n) is 6.88. The molecule has 0 unspecified atom stereocenters. The van der Waals surface area contributed by atoms with Crippen LogP contribution in [-0.4, -0.2) is 43.3 Å². The summed E-state index contributed by atoms with van der Waals surface area (Å²) in [6.45, 7) is 7.88. The molecule has 1 saturated heterocycles. The van der Waals surface area contributed by atoms with Crippen LogP contribution in [0.3, 0.4) is 0 Å². The van der Waals surface area contributed by atoms with Crippen molar-refractivity contribution in [1.82, 2.24) is 4.90 Å². The summed E-state index contributed by atoms with van der Waals surface area (Å²) in [5, 5.41) is 3.58. The SMILES string of the molecule is CSc1ccccc1NC(=NCC(C)(C)CN)N1CCCCC1. The molecular formula is C18H30N4S. The average molecular weight is 335 g/mol. The second-order valence-corrected chi connectivity index (χ2v) is 7.73. The van der Waals surface area contributed by atoms with Gasteiger partial charge in [0.15, 0.2) is 5.96 Å². The van der Waals surface area contributed by atoms with E-state index in [2.05, 4.69) is 54.6 Å². The van der Waals surface area contributed by atoms with Crippen molar-refractivity contribution in [3.05, 3.63) is 24.3 Å². The molecule has 0 saturated carbocycles. The number of para-hydroxylation sites is 1. The summed E-state index contributed by atoms with van der Waals surface area (Å²) in [5.74, 6) is 0.993. The maximum absolute atomic E-state index is 5.86. The second kappa shape index (κ2) is 8.60. The molecule has 1 heterocycles. The number of likely N-dealkylation sites (tertiary alicyclic amines) is 1. The molecule has 5 heteroatoms. The Balaban J connectivity index is 2.20. The monoisotopic (exact) mass is 334 g/mol. The van der Waals surface area contributed by atoms with Gasteiger partial charge < -0.3 is 16.0 Å². The lowest BCUT2D eigenvalue weighted by atomic mass is 9.94. The maximum Gasteiger partial charge on any atom is 0.198 e. The molecule has 1 aromatic rings. The van der Waals surface area contributed by atoms with Crippen LogP contribution in [0.2, 0.25) is 0 Å². The van der Waals surface area contributed by atoms with E-state index < -0.39 is 0 Å². The number of piperidine rings is 1. The van der Waals surface area contributed by atoms with E-state index in [1.807, 2.05) is 0 Å². The van der Waals surface area contributed by atoms with Crippen LogP contribution >= 0.6 is 11.8 Å². The van der Waals surface area contributed by atoms with Crippen molar-refractivity contribution in [3.8, 4) is 0 Å². The Bertz CT molecular complexity index is 522. The molecule has 1 aliphatic rings. The topological polar surface area (TPSA) is 53.6 Å². The number of nitrogens with zero attached hydrogens (tertiary/aromatic N) is 2. The van der Waals surface area contributed by atoms with Gasteiger partial charge in [-0.15, -0.1) is 11.8 Å². The van der Waals surface area contributed by atoms with Crippen molar-refractivity contribution in [3.63, 3.8) is 0 Å². The first kappa shape index (κ1) is 18.1. The summed E-state index contributed by atoms with van der Waals surface area (Å²) >= 11 is 1.76. The minimum absolute atomic E-state index is 0.0295. The number of anilines is 1. The molecule has 128 valence electrons. The summed E-state index contributed by atoms with van der Waals surface area (Å²) in [6.07, 6.45) is 5.91. The lowest BCUT2D eigenvalue weighted by Crippen LogP contribution is -2.41. The van der Waals surface area contributed by atoms with Gasteiger partial charge in [0.25, 0.3) is 0 Å². The predicted molar refractivity (Wildman–Crippen MR) is 102 cm³/mol. The number of hydrogen-bond donors (Lipinski definition) is 2. The molecular weight excluding hydrogens is 304 g/mol. The Morgan fingerprint density at radius 2 is 1.96 bits per heavy atom. The van der Waals surface area contributed by atoms with Crippen molar-refractivity contribution >= 4 is 23.4 Å². The third-order valence-electron chi connectivity index (χ3n) is 4.22. The highest BCUT2D eigenvalue weighted by Crippen LogP contribution is 2.25. The number of guanidine groups is 1. The van der Waals surface area contributed by atoms with Crippen LogP contribution < -0.4 is 11.1 Å². The highest BCUT2D eigenvalue weighted by Gasteiger charge is 2.19. The van der Waals surface area contributed by atoms with Crippen LogP contribution in [0.25, 0.3) is 0 Å². The summed E-state index contributed by atoms with van der Waals surface area (Å²) in [6, 6.07) is 8.41. The number of benzene rings is 1. The number of nitrogens with one attached hydrogen (secondary N) is 1. The van der Waals surface area contributed by atoms with E-state index in [1.54, 1.807) is 11.8 Å². The molecule has 23 heavy (non-hydrogen) atoms. The summed E-state index contributed by atoms with van der Waals surface area (Å²) in [4.78, 5) is 8.53. The zero-order chi connectivity index (χ0) is 16.7. The third-order valence-corrected chi connectivity index (χ3v) is 5.01. The molecule has 0 bridgehead atoms. The first-order chi connectivity index (χ1) is 11.1. The number of rotatable bonds is 5. The first-order valence-electron chi connectivity index (χ1n) is 8.45. The predicted octanol–water partition coefficient (Wildman–Crippen LogP) is 3.65. The van der Waals surface area contributed by atoms with E-state index in [0.717, 1.165) is 31.3 Å². The maximum atomic E-state index is 5.86. The first-order valence-corrected chi connectivity index (χ1v) is 9.68. The van der Waals surface area contributed by atoms with Crippen LogP contribution in [0.5, 0.6) is 0 Å². The number of thioether (sulfide) groups is 1. The van der Waals surface area contributed by atoms with Gasteiger partial charge in [0.05, 0.1) is 5.69 Å². The van der Waals surface area contributed by atoms with Crippen LogP contribution in [0, 0.1) is 5.41 Å². The molecule has 0 aliphatic carbocycles. The van der Waals surface area contributed by atoms with Gasteiger partial charge in [-0.25, -0.2) is 0 Å². The van der Waals surface area contributed by atoms with Crippen molar-refractivity contribution in [2.45, 2.75) is 38.0 Å². The molecule has 0 amide bonds. The van der Waals surface area contributed by atoms with Gasteiger partial charge >= 0.3 is 0 Å². The lowest BCUT2D eigenvalue weighted by Gasteiger charge is -2.31. The van der Waals surface area contributed by atoms with Gasteiger partial charge in [-0.3, -0.25) is 4.99 Å². The van der Waals surface area contributed by atoms with Crippen molar-refractivity contribution in [2.24, 2.45) is 16.1 Å². The van der Waals surface area contributed by atoms with E-state index >= 15 is 0 Å². The van der Waals surface area contributed by atoms with Gasteiger partial charge in [-0.1, -0.05) is 26.0 Å². The molecule has 4 nitrogen and oxygen atoms in total. The van der Waals surface area contributed by atoms with Crippen LogP contribution in [0.4, 0.5) is 5.69 Å². The van der Waals surface area contributed by atoms with Gasteiger partial charge in [-0.05, 0) is 49.6 Å². The molecule has 2 rings (SSSR count). The lowest BCUT2D eigenvalue weighted by molar-refractivity contribution is 0.335. The number of hydrogen-bond acceptors (Lipinski definition) is 3. The normalized spacial score (nSPS) is 16.5. The largest absolute Gasteiger partial charge is 0.343 e. The van der Waals surface area contributed by atoms with Crippen LogP contribution in [0.15, 0.2) is 34.2 Å². The van der Waals surface area contributed by atoms with Crippen molar-refractivity contribution < 1.29 is 0 Å². The highest BCUT2D eigenvalue weighted by molar-refractivity contribution is 7.98. The van der Waals surface area contributed by atoms with E-state index in [0.29, 0.717) is 6.54 Å². The summed E-state index contributed by atoms with van der Waals surface area (Å²) in [7, 11) is 0. The van der Waals surface area contributed by atoms with Crippen molar-refractivity contribution in [1.29, 1.82) is 0 Å². The van der Waals surface area contributed by atoms with Crippen molar-refractivity contribution in [2.75, 3.05) is 37.8 Å². The minimum Gasteiger partial charge on any atom is -0.343 e. The van der Waals surface area contributed by atoms with E-state index in [1.165, 1.54) is 24.2 Å². The standard InChI is InChI=1S/C18H30N4S/c1-18(2,13-19)14-20-17(22-11-7-4-8-12-22)21-15-9-5-6-10-16(15)23-3/h5-6,9-10H,4,7-8,11-14,19H2,1-3H3,(H,20,21). The average Bonchev–Trinajstić information content (AvgIpc) is 2.59. The van der Waals surface area contributed by atoms with E-state index in [-0.39, 0.29) is 5.41 Å². The van der Waals surface area contributed by atoms with Crippen LogP contribution in [0.1, 0.15) is 33.1 Å². The Labute approximate surface area is 144 Å². The molecule has 1 fully saturated rings. The fourth-order valence-electron chi connectivity index (χ4n) is 2.55. The third kappa shape index (κ3) is 5.43. The van der Waals surface area contributed by atoms with Gasteiger partial charge in [0.1, 0.15) is 0 Å². The summed E-state index contributed by atoms with van der Waals surface area (Å²) in [5.41, 5.74) is 7.03. The smallest absolute Gasteiger partial charge is 0.198 e. The molecule has 3 N–H and O–H groups in total. The fourth-order valence-corrected chi connectivity index (χ4v) is 3.10. The Morgan fingerprint density at radius 3 is 2.61 bits per heavy atom. The van der Waals surface area contributed by atoms with Gasteiger partial charge in [-0.2, -0.15) is 0 Å².